The summed E-state index contributed by atoms with van der Waals surface area (Å²) in [5.41, 5.74) is 0. The van der Waals surface area contributed by atoms with Crippen LogP contribution in [0.4, 0.5) is 0 Å². The molecule has 2 atom stereocenters. The Morgan fingerprint density at radius 2 is 1.80 bits per heavy atom. The Bertz CT molecular complexity index is 210. The summed E-state index contributed by atoms with van der Waals surface area (Å²) < 4.78 is 0. The highest BCUT2D eigenvalue weighted by Gasteiger charge is 2.33. The second-order valence-electron chi connectivity index (χ2n) is 4.98. The summed E-state index contributed by atoms with van der Waals surface area (Å²) in [6, 6.07) is 0.197. The highest BCUT2D eigenvalue weighted by Crippen LogP contribution is 2.31. The highest BCUT2D eigenvalue weighted by molar-refractivity contribution is 5.70. The van der Waals surface area contributed by atoms with Gasteiger partial charge < -0.3 is 10.0 Å². The fourth-order valence-electron chi connectivity index (χ4n) is 2.90. The average Bonchev–Trinajstić information content (AvgIpc) is 2.18. The van der Waals surface area contributed by atoms with Gasteiger partial charge in [-0.1, -0.05) is 26.2 Å². The quantitative estimate of drug-likeness (QED) is 0.778. The molecule has 15 heavy (non-hydrogen) atoms. The average molecular weight is 213 g/mol. The zero-order valence-electron chi connectivity index (χ0n) is 10.1. The van der Waals surface area contributed by atoms with Crippen LogP contribution in [0.15, 0.2) is 0 Å². The molecule has 1 aliphatic rings. The number of hydrogen-bond donors (Lipinski definition) is 1. The number of carboxylic acids is 1. The largest absolute Gasteiger partial charge is 0.481 e. The van der Waals surface area contributed by atoms with Crippen molar-refractivity contribution in [3.8, 4) is 0 Å². The van der Waals surface area contributed by atoms with Crippen LogP contribution in [0.5, 0.6) is 0 Å². The minimum Gasteiger partial charge on any atom is -0.481 e. The molecule has 0 spiro atoms. The molecule has 1 N–H and O–H groups in total. The van der Waals surface area contributed by atoms with Gasteiger partial charge in [0, 0.05) is 6.04 Å². The van der Waals surface area contributed by atoms with Gasteiger partial charge >= 0.3 is 5.97 Å². The Morgan fingerprint density at radius 1 is 1.27 bits per heavy atom. The smallest absolute Gasteiger partial charge is 0.307 e. The molecule has 0 bridgehead atoms. The summed E-state index contributed by atoms with van der Waals surface area (Å²) in [7, 11) is 4.00. The molecule has 1 fully saturated rings. The lowest BCUT2D eigenvalue weighted by atomic mass is 9.78. The molecule has 1 rings (SSSR count). The van der Waals surface area contributed by atoms with Gasteiger partial charge in [-0.2, -0.15) is 0 Å². The van der Waals surface area contributed by atoms with Crippen molar-refractivity contribution in [2.75, 3.05) is 14.1 Å². The van der Waals surface area contributed by atoms with Crippen LogP contribution >= 0.6 is 0 Å². The maximum atomic E-state index is 11.1. The predicted octanol–water partition coefficient (Wildman–Crippen LogP) is 2.22. The SMILES string of the molecule is CC(C(=O)O)C(C1CCCCC1)N(C)C. The van der Waals surface area contributed by atoms with Gasteiger partial charge in [-0.15, -0.1) is 0 Å². The molecule has 0 aromatic carbocycles. The number of carboxylic acid groups (broad SMARTS) is 1. The lowest BCUT2D eigenvalue weighted by molar-refractivity contribution is -0.144. The molecule has 88 valence electrons. The van der Waals surface area contributed by atoms with E-state index in [4.69, 9.17) is 5.11 Å². The monoisotopic (exact) mass is 213 g/mol. The summed E-state index contributed by atoms with van der Waals surface area (Å²) in [5, 5.41) is 9.11. The molecule has 0 amide bonds. The van der Waals surface area contributed by atoms with Gasteiger partial charge in [0.15, 0.2) is 0 Å². The standard InChI is InChI=1S/C12H23NO2/c1-9(12(14)15)11(13(2)3)10-7-5-4-6-8-10/h9-11H,4-8H2,1-3H3,(H,14,15). The van der Waals surface area contributed by atoms with Crippen LogP contribution < -0.4 is 0 Å². The maximum absolute atomic E-state index is 11.1. The third-order valence-corrected chi connectivity index (χ3v) is 3.63. The van der Waals surface area contributed by atoms with E-state index in [2.05, 4.69) is 4.90 Å². The second-order valence-corrected chi connectivity index (χ2v) is 4.98. The third kappa shape index (κ3) is 3.20. The zero-order chi connectivity index (χ0) is 11.4. The van der Waals surface area contributed by atoms with Crippen LogP contribution in [0.25, 0.3) is 0 Å². The second kappa shape index (κ2) is 5.50. The fraction of sp³-hybridized carbons (Fsp3) is 0.917. The Kier molecular flexibility index (Phi) is 4.58. The molecule has 0 aromatic rings. The Morgan fingerprint density at radius 3 is 2.20 bits per heavy atom. The van der Waals surface area contributed by atoms with E-state index in [-0.39, 0.29) is 12.0 Å². The van der Waals surface area contributed by atoms with E-state index >= 15 is 0 Å². The van der Waals surface area contributed by atoms with E-state index < -0.39 is 5.97 Å². The third-order valence-electron chi connectivity index (χ3n) is 3.63. The molecule has 3 nitrogen and oxygen atoms in total. The van der Waals surface area contributed by atoms with Gasteiger partial charge in [0.1, 0.15) is 0 Å². The van der Waals surface area contributed by atoms with Crippen LogP contribution in [-0.4, -0.2) is 36.1 Å². The molecule has 0 saturated heterocycles. The van der Waals surface area contributed by atoms with E-state index in [0.29, 0.717) is 5.92 Å². The number of nitrogens with zero attached hydrogens (tertiary/aromatic N) is 1. The first-order valence-electron chi connectivity index (χ1n) is 5.93. The van der Waals surface area contributed by atoms with E-state index in [1.165, 1.54) is 32.1 Å². The van der Waals surface area contributed by atoms with Gasteiger partial charge in [-0.3, -0.25) is 4.79 Å². The zero-order valence-corrected chi connectivity index (χ0v) is 10.1. The minimum absolute atomic E-state index is 0.197. The normalized spacial score (nSPS) is 22.7. The van der Waals surface area contributed by atoms with Crippen molar-refractivity contribution in [1.82, 2.24) is 4.90 Å². The molecule has 0 heterocycles. The van der Waals surface area contributed by atoms with Crippen molar-refractivity contribution in [1.29, 1.82) is 0 Å². The van der Waals surface area contributed by atoms with Gasteiger partial charge in [-0.25, -0.2) is 0 Å². The Hall–Kier alpha value is -0.570. The number of aliphatic carboxylic acids is 1. The molecule has 0 aliphatic heterocycles. The molecular formula is C12H23NO2. The molecule has 1 aliphatic carbocycles. The molecule has 1 saturated carbocycles. The van der Waals surface area contributed by atoms with Crippen molar-refractivity contribution >= 4 is 5.97 Å². The predicted molar refractivity (Wildman–Crippen MR) is 60.8 cm³/mol. The molecule has 3 heteroatoms. The minimum atomic E-state index is -0.667. The molecule has 0 aromatic heterocycles. The highest BCUT2D eigenvalue weighted by atomic mass is 16.4. The summed E-state index contributed by atoms with van der Waals surface area (Å²) in [4.78, 5) is 13.2. The van der Waals surface area contributed by atoms with Crippen LogP contribution in [-0.2, 0) is 4.79 Å². The van der Waals surface area contributed by atoms with Crippen LogP contribution in [0.2, 0.25) is 0 Å². The van der Waals surface area contributed by atoms with E-state index in [1.807, 2.05) is 21.0 Å². The van der Waals surface area contributed by atoms with Gasteiger partial charge in [-0.05, 0) is 32.9 Å². The molecule has 0 radical (unpaired) electrons. The van der Waals surface area contributed by atoms with Crippen molar-refractivity contribution in [3.63, 3.8) is 0 Å². The van der Waals surface area contributed by atoms with E-state index in [9.17, 15) is 4.79 Å². The lowest BCUT2D eigenvalue weighted by Crippen LogP contribution is -2.44. The van der Waals surface area contributed by atoms with Crippen molar-refractivity contribution < 1.29 is 9.90 Å². The van der Waals surface area contributed by atoms with E-state index in [1.54, 1.807) is 0 Å². The first-order chi connectivity index (χ1) is 7.04. The lowest BCUT2D eigenvalue weighted by Gasteiger charge is -2.37. The summed E-state index contributed by atoms with van der Waals surface area (Å²) in [6.45, 7) is 1.83. The summed E-state index contributed by atoms with van der Waals surface area (Å²) >= 11 is 0. The Balaban J connectivity index is 2.67. The Labute approximate surface area is 92.5 Å². The van der Waals surface area contributed by atoms with Crippen LogP contribution in [0.1, 0.15) is 39.0 Å². The van der Waals surface area contributed by atoms with Crippen molar-refractivity contribution in [2.24, 2.45) is 11.8 Å². The van der Waals surface area contributed by atoms with E-state index in [0.717, 1.165) is 0 Å². The van der Waals surface area contributed by atoms with Crippen LogP contribution in [0.3, 0.4) is 0 Å². The van der Waals surface area contributed by atoms with Gasteiger partial charge in [0.2, 0.25) is 0 Å². The van der Waals surface area contributed by atoms with Crippen LogP contribution in [0, 0.1) is 11.8 Å². The summed E-state index contributed by atoms with van der Waals surface area (Å²) in [5.74, 6) is -0.359. The van der Waals surface area contributed by atoms with Gasteiger partial charge in [0.05, 0.1) is 5.92 Å². The number of hydrogen-bond acceptors (Lipinski definition) is 2. The number of carbonyl (C=O) groups is 1. The van der Waals surface area contributed by atoms with Crippen molar-refractivity contribution in [2.45, 2.75) is 45.1 Å². The first kappa shape index (κ1) is 12.5. The topological polar surface area (TPSA) is 40.5 Å². The summed E-state index contributed by atoms with van der Waals surface area (Å²) in [6.07, 6.45) is 6.24. The molecular weight excluding hydrogens is 190 g/mol. The first-order valence-corrected chi connectivity index (χ1v) is 5.93. The van der Waals surface area contributed by atoms with Gasteiger partial charge in [0.25, 0.3) is 0 Å². The molecule has 2 unspecified atom stereocenters. The number of rotatable bonds is 4. The maximum Gasteiger partial charge on any atom is 0.307 e. The van der Waals surface area contributed by atoms with Crippen molar-refractivity contribution in [3.05, 3.63) is 0 Å². The fourth-order valence-corrected chi connectivity index (χ4v) is 2.90.